The van der Waals surface area contributed by atoms with Gasteiger partial charge in [0.15, 0.2) is 0 Å². The summed E-state index contributed by atoms with van der Waals surface area (Å²) in [4.78, 5) is 16.3. The average Bonchev–Trinajstić information content (AvgIpc) is 2.69. The number of nitrogens with one attached hydrogen (secondary N) is 1. The minimum absolute atomic E-state index is 0.125. The lowest BCUT2D eigenvalue weighted by Gasteiger charge is -2.36. The maximum absolute atomic E-state index is 13.9. The Labute approximate surface area is 166 Å². The van der Waals surface area contributed by atoms with Gasteiger partial charge in [0.05, 0.1) is 11.8 Å². The van der Waals surface area contributed by atoms with Crippen molar-refractivity contribution in [1.82, 2.24) is 4.90 Å². The van der Waals surface area contributed by atoms with Crippen LogP contribution in [0.25, 0.3) is 0 Å². The Kier molecular flexibility index (Phi) is 6.74. The predicted molar refractivity (Wildman–Crippen MR) is 111 cm³/mol. The minimum Gasteiger partial charge on any atom is -0.491 e. The lowest BCUT2D eigenvalue weighted by atomic mass is 10.2. The summed E-state index contributed by atoms with van der Waals surface area (Å²) < 4.78 is 19.5. The van der Waals surface area contributed by atoms with Gasteiger partial charge in [0.25, 0.3) is 0 Å². The molecule has 2 aromatic carbocycles. The molecule has 0 aromatic heterocycles. The van der Waals surface area contributed by atoms with E-state index < -0.39 is 0 Å². The van der Waals surface area contributed by atoms with E-state index in [2.05, 4.69) is 5.32 Å². The highest BCUT2D eigenvalue weighted by Crippen LogP contribution is 2.20. The van der Waals surface area contributed by atoms with Crippen LogP contribution in [0.4, 0.5) is 15.8 Å². The Bertz CT molecular complexity index is 772. The number of piperazine rings is 1. The lowest BCUT2D eigenvalue weighted by Crippen LogP contribution is -2.49. The molecule has 28 heavy (non-hydrogen) atoms. The van der Waals surface area contributed by atoms with Crippen LogP contribution in [0.3, 0.4) is 0 Å². The molecule has 1 saturated heterocycles. The van der Waals surface area contributed by atoms with E-state index in [1.807, 2.05) is 54.0 Å². The molecule has 0 spiro atoms. The molecule has 0 unspecified atom stereocenters. The van der Waals surface area contributed by atoms with Crippen LogP contribution in [-0.4, -0.2) is 49.6 Å². The van der Waals surface area contributed by atoms with Gasteiger partial charge in [-0.05, 0) is 50.2 Å². The van der Waals surface area contributed by atoms with Crippen LogP contribution >= 0.6 is 0 Å². The maximum Gasteiger partial charge on any atom is 0.224 e. The van der Waals surface area contributed by atoms with Crippen molar-refractivity contribution in [3.63, 3.8) is 0 Å². The summed E-state index contributed by atoms with van der Waals surface area (Å²) in [6, 6.07) is 14.5. The van der Waals surface area contributed by atoms with Crippen LogP contribution in [0.1, 0.15) is 20.3 Å². The Morgan fingerprint density at radius 2 is 1.75 bits per heavy atom. The fraction of sp³-hybridized carbons (Fsp3) is 0.409. The molecule has 1 aliphatic rings. The lowest BCUT2D eigenvalue weighted by molar-refractivity contribution is -0.131. The van der Waals surface area contributed by atoms with E-state index in [0.717, 1.165) is 11.4 Å². The molecule has 1 amide bonds. The molecular weight excluding hydrogens is 357 g/mol. The van der Waals surface area contributed by atoms with Gasteiger partial charge in [0.2, 0.25) is 5.91 Å². The van der Waals surface area contributed by atoms with E-state index in [-0.39, 0.29) is 17.8 Å². The summed E-state index contributed by atoms with van der Waals surface area (Å²) in [6.07, 6.45) is 0.583. The number of hydrogen-bond acceptors (Lipinski definition) is 4. The van der Waals surface area contributed by atoms with E-state index in [9.17, 15) is 9.18 Å². The Hall–Kier alpha value is -2.76. The molecule has 0 radical (unpaired) electrons. The maximum atomic E-state index is 13.9. The van der Waals surface area contributed by atoms with Crippen LogP contribution in [0.5, 0.6) is 5.75 Å². The second-order valence-electron chi connectivity index (χ2n) is 7.19. The monoisotopic (exact) mass is 385 g/mol. The molecule has 1 fully saturated rings. The first-order valence-electron chi connectivity index (χ1n) is 9.81. The van der Waals surface area contributed by atoms with Gasteiger partial charge in [-0.25, -0.2) is 4.39 Å². The molecule has 6 heteroatoms. The second-order valence-corrected chi connectivity index (χ2v) is 7.19. The highest BCUT2D eigenvalue weighted by molar-refractivity contribution is 5.77. The Morgan fingerprint density at radius 3 is 2.39 bits per heavy atom. The van der Waals surface area contributed by atoms with Crippen LogP contribution in [0.2, 0.25) is 0 Å². The standard InChI is InChI=1S/C22H28FN3O2/c1-17(2)28-19-9-7-18(8-10-19)24-12-11-22(27)26-15-13-25(14-16-26)21-6-4-3-5-20(21)23/h3-10,17,24H,11-16H2,1-2H3. The number of rotatable bonds is 7. The topological polar surface area (TPSA) is 44.8 Å². The van der Waals surface area contributed by atoms with Gasteiger partial charge in [-0.3, -0.25) is 4.79 Å². The summed E-state index contributed by atoms with van der Waals surface area (Å²) >= 11 is 0. The number of nitrogens with zero attached hydrogens (tertiary/aromatic N) is 2. The number of halogens is 1. The van der Waals surface area contributed by atoms with Crippen molar-refractivity contribution in [3.05, 3.63) is 54.3 Å². The van der Waals surface area contributed by atoms with E-state index in [0.29, 0.717) is 44.8 Å². The summed E-state index contributed by atoms with van der Waals surface area (Å²) in [6.45, 7) is 7.11. The van der Waals surface area contributed by atoms with Crippen molar-refractivity contribution in [2.75, 3.05) is 42.9 Å². The number of para-hydroxylation sites is 1. The molecule has 1 N–H and O–H groups in total. The number of carbonyl (C=O) groups is 1. The molecule has 0 atom stereocenters. The van der Waals surface area contributed by atoms with Gasteiger partial charge >= 0.3 is 0 Å². The second kappa shape index (κ2) is 9.44. The first kappa shape index (κ1) is 20.0. The zero-order valence-corrected chi connectivity index (χ0v) is 16.5. The molecule has 0 bridgehead atoms. The fourth-order valence-electron chi connectivity index (χ4n) is 3.30. The molecule has 2 aromatic rings. The van der Waals surface area contributed by atoms with Crippen LogP contribution in [0, 0.1) is 5.82 Å². The van der Waals surface area contributed by atoms with Gasteiger partial charge in [0, 0.05) is 44.8 Å². The number of anilines is 2. The van der Waals surface area contributed by atoms with Crippen molar-refractivity contribution >= 4 is 17.3 Å². The van der Waals surface area contributed by atoms with Gasteiger partial charge in [0.1, 0.15) is 11.6 Å². The van der Waals surface area contributed by atoms with Crippen molar-refractivity contribution in [2.24, 2.45) is 0 Å². The number of hydrogen-bond donors (Lipinski definition) is 1. The quantitative estimate of drug-likeness (QED) is 0.788. The van der Waals surface area contributed by atoms with E-state index in [1.165, 1.54) is 6.07 Å². The summed E-state index contributed by atoms with van der Waals surface area (Å²) in [7, 11) is 0. The third kappa shape index (κ3) is 5.38. The van der Waals surface area contributed by atoms with Crippen LogP contribution in [0.15, 0.2) is 48.5 Å². The molecule has 5 nitrogen and oxygen atoms in total. The Morgan fingerprint density at radius 1 is 1.07 bits per heavy atom. The largest absolute Gasteiger partial charge is 0.491 e. The molecule has 0 saturated carbocycles. The van der Waals surface area contributed by atoms with E-state index >= 15 is 0 Å². The number of ether oxygens (including phenoxy) is 1. The summed E-state index contributed by atoms with van der Waals surface area (Å²) in [5.74, 6) is 0.751. The van der Waals surface area contributed by atoms with E-state index in [4.69, 9.17) is 4.74 Å². The predicted octanol–water partition coefficient (Wildman–Crippen LogP) is 3.76. The smallest absolute Gasteiger partial charge is 0.224 e. The summed E-state index contributed by atoms with van der Waals surface area (Å²) in [5, 5.41) is 3.27. The molecule has 0 aliphatic carbocycles. The van der Waals surface area contributed by atoms with E-state index in [1.54, 1.807) is 12.1 Å². The SMILES string of the molecule is CC(C)Oc1ccc(NCCC(=O)N2CCN(c3ccccc3F)CC2)cc1. The first-order chi connectivity index (χ1) is 13.5. The highest BCUT2D eigenvalue weighted by atomic mass is 19.1. The van der Waals surface area contributed by atoms with Crippen molar-refractivity contribution in [1.29, 1.82) is 0 Å². The third-order valence-corrected chi connectivity index (χ3v) is 4.72. The first-order valence-corrected chi connectivity index (χ1v) is 9.81. The number of carbonyl (C=O) groups excluding carboxylic acids is 1. The van der Waals surface area contributed by atoms with Crippen LogP contribution < -0.4 is 15.0 Å². The number of amides is 1. The van der Waals surface area contributed by atoms with Gasteiger partial charge in [-0.15, -0.1) is 0 Å². The van der Waals surface area contributed by atoms with Crippen molar-refractivity contribution < 1.29 is 13.9 Å². The molecule has 1 aliphatic heterocycles. The molecule has 1 heterocycles. The van der Waals surface area contributed by atoms with Crippen molar-refractivity contribution in [3.8, 4) is 5.75 Å². The molecule has 150 valence electrons. The van der Waals surface area contributed by atoms with Gasteiger partial charge in [-0.2, -0.15) is 0 Å². The average molecular weight is 385 g/mol. The minimum atomic E-state index is -0.212. The van der Waals surface area contributed by atoms with Gasteiger partial charge in [-0.1, -0.05) is 12.1 Å². The van der Waals surface area contributed by atoms with Crippen molar-refractivity contribution in [2.45, 2.75) is 26.4 Å². The van der Waals surface area contributed by atoms with Gasteiger partial charge < -0.3 is 19.9 Å². The third-order valence-electron chi connectivity index (χ3n) is 4.72. The zero-order valence-electron chi connectivity index (χ0n) is 16.5. The fourth-order valence-corrected chi connectivity index (χ4v) is 3.30. The normalized spacial score (nSPS) is 14.3. The van der Waals surface area contributed by atoms with Crippen LogP contribution in [-0.2, 0) is 4.79 Å². The Balaban J connectivity index is 1.41. The zero-order chi connectivity index (χ0) is 19.9. The number of benzene rings is 2. The highest BCUT2D eigenvalue weighted by Gasteiger charge is 2.22. The summed E-state index contributed by atoms with van der Waals surface area (Å²) in [5.41, 5.74) is 1.58. The molecular formula is C22H28FN3O2. The molecule has 3 rings (SSSR count).